The van der Waals surface area contributed by atoms with Crippen molar-refractivity contribution in [3.8, 4) is 16.9 Å². The molecule has 0 fully saturated rings. The number of benzene rings is 3. The molecule has 3 aromatic carbocycles. The first kappa shape index (κ1) is 19.6. The fourth-order valence-corrected chi connectivity index (χ4v) is 4.03. The summed E-state index contributed by atoms with van der Waals surface area (Å²) < 4.78 is 6.15. The van der Waals surface area contributed by atoms with Gasteiger partial charge in [-0.1, -0.05) is 88.4 Å². The molecule has 140 valence electrons. The first-order chi connectivity index (χ1) is 13.0. The Labute approximate surface area is 163 Å². The van der Waals surface area contributed by atoms with E-state index in [0.717, 1.165) is 27.7 Å². The number of rotatable bonds is 6. The largest absolute Gasteiger partial charge is 0.443 e. The van der Waals surface area contributed by atoms with Gasteiger partial charge in [0.25, 0.3) is 8.38 Å². The molecule has 0 aliphatic heterocycles. The van der Waals surface area contributed by atoms with Gasteiger partial charge in [-0.15, -0.1) is 0 Å². The standard InChI is InChI=1S/C24H27O2P/c1-17(2)22-11-8-12-23(18(3)4)24(22)26-27(25)21-15-13-20(14-16-21)19-9-6-5-7-10-19/h5-18,25H,1-4H3. The molecular weight excluding hydrogens is 351 g/mol. The van der Waals surface area contributed by atoms with Crippen molar-refractivity contribution in [3.63, 3.8) is 0 Å². The maximum atomic E-state index is 10.8. The fourth-order valence-electron chi connectivity index (χ4n) is 3.14. The minimum atomic E-state index is -1.72. The second kappa shape index (κ2) is 8.69. The maximum absolute atomic E-state index is 10.8. The van der Waals surface area contributed by atoms with E-state index >= 15 is 0 Å². The smallest absolute Gasteiger partial charge is 0.262 e. The quantitative estimate of drug-likeness (QED) is 0.489. The Morgan fingerprint density at radius 2 is 1.19 bits per heavy atom. The summed E-state index contributed by atoms with van der Waals surface area (Å²) in [5, 5.41) is 0.818. The normalized spacial score (nSPS) is 12.4. The summed E-state index contributed by atoms with van der Waals surface area (Å²) in [5.74, 6) is 1.51. The Bertz CT molecular complexity index is 844. The molecule has 3 rings (SSSR count). The van der Waals surface area contributed by atoms with Crippen LogP contribution in [0, 0.1) is 0 Å². The lowest BCUT2D eigenvalue weighted by atomic mass is 9.94. The molecule has 0 amide bonds. The molecule has 27 heavy (non-hydrogen) atoms. The monoisotopic (exact) mass is 378 g/mol. The molecule has 0 aliphatic carbocycles. The van der Waals surface area contributed by atoms with Gasteiger partial charge in [0.2, 0.25) is 0 Å². The summed E-state index contributed by atoms with van der Waals surface area (Å²) in [6.45, 7) is 8.61. The van der Waals surface area contributed by atoms with Crippen molar-refractivity contribution in [2.45, 2.75) is 39.5 Å². The summed E-state index contributed by atoms with van der Waals surface area (Å²) in [7, 11) is -1.72. The van der Waals surface area contributed by atoms with Crippen LogP contribution in [0.4, 0.5) is 0 Å². The molecule has 0 heterocycles. The van der Waals surface area contributed by atoms with Crippen molar-refractivity contribution in [2.75, 3.05) is 0 Å². The van der Waals surface area contributed by atoms with Crippen LogP contribution in [0.2, 0.25) is 0 Å². The van der Waals surface area contributed by atoms with Crippen molar-refractivity contribution >= 4 is 13.7 Å². The molecule has 0 aliphatic rings. The van der Waals surface area contributed by atoms with Gasteiger partial charge in [-0.3, -0.25) is 0 Å². The average molecular weight is 378 g/mol. The summed E-state index contributed by atoms with van der Waals surface area (Å²) in [5.41, 5.74) is 4.58. The molecular formula is C24H27O2P. The van der Waals surface area contributed by atoms with Crippen LogP contribution < -0.4 is 9.83 Å². The van der Waals surface area contributed by atoms with E-state index in [1.54, 1.807) is 0 Å². The molecule has 0 saturated carbocycles. The van der Waals surface area contributed by atoms with Crippen molar-refractivity contribution in [3.05, 3.63) is 83.9 Å². The predicted octanol–water partition coefficient (Wildman–Crippen LogP) is 6.61. The van der Waals surface area contributed by atoms with E-state index in [2.05, 4.69) is 58.0 Å². The van der Waals surface area contributed by atoms with Crippen LogP contribution in [0.1, 0.15) is 50.7 Å². The molecule has 1 unspecified atom stereocenters. The molecule has 1 N–H and O–H groups in total. The van der Waals surface area contributed by atoms with Crippen LogP contribution in [0.5, 0.6) is 5.75 Å². The zero-order valence-electron chi connectivity index (χ0n) is 16.4. The zero-order valence-corrected chi connectivity index (χ0v) is 17.3. The lowest BCUT2D eigenvalue weighted by Gasteiger charge is -2.22. The van der Waals surface area contributed by atoms with Gasteiger partial charge in [0.1, 0.15) is 5.75 Å². The van der Waals surface area contributed by atoms with Crippen molar-refractivity contribution in [1.29, 1.82) is 0 Å². The third kappa shape index (κ3) is 4.58. The lowest BCUT2D eigenvalue weighted by molar-refractivity contribution is 0.487. The summed E-state index contributed by atoms with van der Waals surface area (Å²) in [6.07, 6.45) is 0. The van der Waals surface area contributed by atoms with E-state index in [1.807, 2.05) is 42.5 Å². The van der Waals surface area contributed by atoms with E-state index < -0.39 is 8.38 Å². The van der Waals surface area contributed by atoms with E-state index in [-0.39, 0.29) is 0 Å². The van der Waals surface area contributed by atoms with E-state index in [9.17, 15) is 4.89 Å². The maximum Gasteiger partial charge on any atom is 0.262 e. The molecule has 0 saturated heterocycles. The number of hydrogen-bond donors (Lipinski definition) is 1. The van der Waals surface area contributed by atoms with Gasteiger partial charge in [0, 0.05) is 5.30 Å². The zero-order chi connectivity index (χ0) is 19.4. The summed E-state index contributed by atoms with van der Waals surface area (Å²) >= 11 is 0. The Kier molecular flexibility index (Phi) is 6.31. The van der Waals surface area contributed by atoms with Crippen LogP contribution >= 0.6 is 8.38 Å². The molecule has 0 spiro atoms. The second-order valence-electron chi connectivity index (χ2n) is 7.35. The minimum absolute atomic E-state index is 0.336. The Morgan fingerprint density at radius 3 is 1.70 bits per heavy atom. The first-order valence-electron chi connectivity index (χ1n) is 9.42. The highest BCUT2D eigenvalue weighted by molar-refractivity contribution is 7.55. The SMILES string of the molecule is CC(C)c1cccc(C(C)C)c1OP(O)c1ccc(-c2ccccc2)cc1. The van der Waals surface area contributed by atoms with Crippen LogP contribution in [0.25, 0.3) is 11.1 Å². The van der Waals surface area contributed by atoms with Crippen LogP contribution in [0.15, 0.2) is 72.8 Å². The molecule has 0 aromatic heterocycles. The van der Waals surface area contributed by atoms with Gasteiger partial charge in [0.15, 0.2) is 0 Å². The van der Waals surface area contributed by atoms with E-state index in [4.69, 9.17) is 4.52 Å². The van der Waals surface area contributed by atoms with Crippen molar-refractivity contribution in [2.24, 2.45) is 0 Å². The van der Waals surface area contributed by atoms with Crippen molar-refractivity contribution < 1.29 is 9.42 Å². The molecule has 2 nitrogen and oxygen atoms in total. The Balaban J connectivity index is 1.86. The van der Waals surface area contributed by atoms with Crippen LogP contribution in [-0.4, -0.2) is 4.89 Å². The predicted molar refractivity (Wildman–Crippen MR) is 116 cm³/mol. The van der Waals surface area contributed by atoms with E-state index in [0.29, 0.717) is 11.8 Å². The van der Waals surface area contributed by atoms with E-state index in [1.165, 1.54) is 5.56 Å². The third-order valence-electron chi connectivity index (χ3n) is 4.69. The van der Waals surface area contributed by atoms with Gasteiger partial charge < -0.3 is 9.42 Å². The van der Waals surface area contributed by atoms with Gasteiger partial charge in [-0.25, -0.2) is 0 Å². The highest BCUT2D eigenvalue weighted by Gasteiger charge is 2.20. The van der Waals surface area contributed by atoms with Crippen molar-refractivity contribution in [1.82, 2.24) is 0 Å². The Morgan fingerprint density at radius 1 is 0.667 bits per heavy atom. The molecule has 0 bridgehead atoms. The van der Waals surface area contributed by atoms with Gasteiger partial charge in [-0.2, -0.15) is 0 Å². The summed E-state index contributed by atoms with van der Waals surface area (Å²) in [6, 6.07) is 24.5. The Hall–Kier alpha value is -2.15. The molecule has 3 heteroatoms. The molecule has 1 atom stereocenters. The average Bonchev–Trinajstić information content (AvgIpc) is 2.68. The highest BCUT2D eigenvalue weighted by atomic mass is 31.2. The number of hydrogen-bond acceptors (Lipinski definition) is 2. The third-order valence-corrected chi connectivity index (χ3v) is 5.79. The topological polar surface area (TPSA) is 29.5 Å². The van der Waals surface area contributed by atoms with Gasteiger partial charge in [-0.05, 0) is 46.2 Å². The number of para-hydroxylation sites is 1. The van der Waals surface area contributed by atoms with Gasteiger partial charge >= 0.3 is 0 Å². The first-order valence-corrected chi connectivity index (χ1v) is 10.6. The van der Waals surface area contributed by atoms with Crippen LogP contribution in [-0.2, 0) is 0 Å². The highest BCUT2D eigenvalue weighted by Crippen LogP contribution is 2.42. The minimum Gasteiger partial charge on any atom is -0.443 e. The van der Waals surface area contributed by atoms with Gasteiger partial charge in [0.05, 0.1) is 0 Å². The summed E-state index contributed by atoms with van der Waals surface area (Å²) in [4.78, 5) is 10.8. The lowest BCUT2D eigenvalue weighted by Crippen LogP contribution is -2.08. The molecule has 0 radical (unpaired) electrons. The fraction of sp³-hybridized carbons (Fsp3) is 0.250. The van der Waals surface area contributed by atoms with Crippen LogP contribution in [0.3, 0.4) is 0 Å². The second-order valence-corrected chi connectivity index (χ2v) is 8.60. The molecule has 3 aromatic rings.